The molecule has 3 aromatic carbocycles. The molecule has 35 heavy (non-hydrogen) atoms. The van der Waals surface area contributed by atoms with E-state index in [1.165, 1.54) is 0 Å². The van der Waals surface area contributed by atoms with Crippen LogP contribution in [0.2, 0.25) is 0 Å². The van der Waals surface area contributed by atoms with Crippen molar-refractivity contribution in [2.75, 3.05) is 38.1 Å². The number of fused-ring (bicyclic) bond motifs is 3. The Morgan fingerprint density at radius 1 is 0.886 bits per heavy atom. The van der Waals surface area contributed by atoms with E-state index in [-0.39, 0.29) is 17.9 Å². The van der Waals surface area contributed by atoms with E-state index in [0.717, 1.165) is 42.7 Å². The van der Waals surface area contributed by atoms with Crippen LogP contribution in [0.5, 0.6) is 0 Å². The number of carbonyl (C=O) groups excluding carboxylic acids is 2. The van der Waals surface area contributed by atoms with Gasteiger partial charge in [0.25, 0.3) is 0 Å². The fourth-order valence-electron chi connectivity index (χ4n) is 5.78. The van der Waals surface area contributed by atoms with Gasteiger partial charge >= 0.3 is 5.97 Å². The number of rotatable bonds is 8. The van der Waals surface area contributed by atoms with Crippen LogP contribution < -0.4 is 4.90 Å². The van der Waals surface area contributed by atoms with E-state index >= 15 is 0 Å². The van der Waals surface area contributed by atoms with Crippen molar-refractivity contribution in [3.63, 3.8) is 0 Å². The second-order valence-corrected chi connectivity index (χ2v) is 9.99. The van der Waals surface area contributed by atoms with Gasteiger partial charge in [0, 0.05) is 37.1 Å². The number of quaternary nitrogens is 1. The van der Waals surface area contributed by atoms with Gasteiger partial charge in [-0.1, -0.05) is 78.9 Å². The van der Waals surface area contributed by atoms with Crippen LogP contribution in [0, 0.1) is 5.92 Å². The maximum atomic E-state index is 13.7. The highest BCUT2D eigenvalue weighted by Crippen LogP contribution is 2.37. The van der Waals surface area contributed by atoms with Crippen LogP contribution in [-0.4, -0.2) is 55.6 Å². The largest absolute Gasteiger partial charge is 0.454 e. The number of hydrogen-bond acceptors (Lipinski definition) is 4. The third kappa shape index (κ3) is 5.01. The molecular formula is C30H33N2O3+. The summed E-state index contributed by atoms with van der Waals surface area (Å²) < 4.78 is 7.00. The lowest BCUT2D eigenvalue weighted by Gasteiger charge is -2.51. The number of hydrogen-bond donors (Lipinski definition) is 0. The molecule has 1 unspecified atom stereocenters. The highest BCUT2D eigenvalue weighted by atomic mass is 16.5. The van der Waals surface area contributed by atoms with E-state index in [2.05, 4.69) is 0 Å². The quantitative estimate of drug-likeness (QED) is 0.268. The maximum Gasteiger partial charge on any atom is 0.333 e. The predicted octanol–water partition coefficient (Wildman–Crippen LogP) is 4.90. The number of Topliss-reactive ketones (excluding diaryl/α,β-unsaturated/α-hetero) is 1. The lowest BCUT2D eigenvalue weighted by molar-refractivity contribution is -0.938. The zero-order valence-electron chi connectivity index (χ0n) is 20.3. The van der Waals surface area contributed by atoms with E-state index in [1.807, 2.05) is 103 Å². The van der Waals surface area contributed by atoms with Crippen molar-refractivity contribution >= 4 is 17.4 Å². The summed E-state index contributed by atoms with van der Waals surface area (Å²) in [4.78, 5) is 28.7. The Morgan fingerprint density at radius 2 is 1.46 bits per heavy atom. The molecule has 0 saturated carbocycles. The molecular weight excluding hydrogens is 436 g/mol. The van der Waals surface area contributed by atoms with Crippen molar-refractivity contribution in [3.8, 4) is 0 Å². The number of benzene rings is 3. The SMILES string of the molecule is CN(c1ccccc1)C(C(=O)O[C@H]1C[N+]2(CC(=O)c3ccccc3)CCC1CC2)c1ccccc1. The molecule has 0 amide bonds. The van der Waals surface area contributed by atoms with Crippen LogP contribution in [-0.2, 0) is 9.53 Å². The van der Waals surface area contributed by atoms with Gasteiger partial charge in [0.1, 0.15) is 13.1 Å². The van der Waals surface area contributed by atoms with E-state index < -0.39 is 6.04 Å². The Bertz CT molecular complexity index is 1140. The topological polar surface area (TPSA) is 46.6 Å². The summed E-state index contributed by atoms with van der Waals surface area (Å²) in [5.41, 5.74) is 2.63. The van der Waals surface area contributed by atoms with Crippen molar-refractivity contribution in [2.24, 2.45) is 5.92 Å². The highest BCUT2D eigenvalue weighted by molar-refractivity contribution is 5.97. The fourth-order valence-corrected chi connectivity index (χ4v) is 5.78. The monoisotopic (exact) mass is 469 g/mol. The van der Waals surface area contributed by atoms with E-state index in [9.17, 15) is 9.59 Å². The number of esters is 1. The molecule has 6 rings (SSSR count). The van der Waals surface area contributed by atoms with Gasteiger partial charge in [-0.2, -0.15) is 0 Å². The van der Waals surface area contributed by atoms with Gasteiger partial charge < -0.3 is 14.1 Å². The normalized spacial score (nSPS) is 23.9. The summed E-state index contributed by atoms with van der Waals surface area (Å²) in [7, 11) is 1.94. The second kappa shape index (κ2) is 10.0. The van der Waals surface area contributed by atoms with Crippen LogP contribution in [0.25, 0.3) is 0 Å². The molecule has 5 nitrogen and oxygen atoms in total. The molecule has 0 radical (unpaired) electrons. The first-order valence-corrected chi connectivity index (χ1v) is 12.5. The zero-order valence-corrected chi connectivity index (χ0v) is 20.3. The number of carbonyl (C=O) groups is 2. The lowest BCUT2D eigenvalue weighted by Crippen LogP contribution is -2.65. The average molecular weight is 470 g/mol. The Balaban J connectivity index is 1.34. The van der Waals surface area contributed by atoms with Crippen LogP contribution >= 0.6 is 0 Å². The molecule has 2 atom stereocenters. The first-order chi connectivity index (χ1) is 17.0. The third-order valence-corrected chi connectivity index (χ3v) is 7.77. The van der Waals surface area contributed by atoms with Crippen molar-refractivity contribution in [3.05, 3.63) is 102 Å². The van der Waals surface area contributed by atoms with Crippen molar-refractivity contribution in [2.45, 2.75) is 25.0 Å². The van der Waals surface area contributed by atoms with E-state index in [0.29, 0.717) is 23.5 Å². The van der Waals surface area contributed by atoms with Gasteiger partial charge in [0.05, 0.1) is 13.1 Å². The minimum atomic E-state index is -0.534. The van der Waals surface area contributed by atoms with Crippen molar-refractivity contribution < 1.29 is 18.8 Å². The van der Waals surface area contributed by atoms with Crippen LogP contribution in [0.15, 0.2) is 91.0 Å². The molecule has 3 aliphatic heterocycles. The highest BCUT2D eigenvalue weighted by Gasteiger charge is 2.49. The zero-order chi connectivity index (χ0) is 24.3. The Labute approximate surface area is 207 Å². The predicted molar refractivity (Wildman–Crippen MR) is 137 cm³/mol. The minimum Gasteiger partial charge on any atom is -0.454 e. The molecule has 0 spiro atoms. The molecule has 0 N–H and O–H groups in total. The molecule has 3 aromatic rings. The van der Waals surface area contributed by atoms with Crippen LogP contribution in [0.1, 0.15) is 34.8 Å². The number of ether oxygens (including phenoxy) is 1. The molecule has 3 aliphatic rings. The average Bonchev–Trinajstić information content (AvgIpc) is 2.91. The second-order valence-electron chi connectivity index (χ2n) is 9.99. The summed E-state index contributed by atoms with van der Waals surface area (Å²) in [6.45, 7) is 3.13. The molecule has 3 saturated heterocycles. The van der Waals surface area contributed by atoms with Crippen LogP contribution in [0.3, 0.4) is 0 Å². The Hall–Kier alpha value is -3.44. The minimum absolute atomic E-state index is 0.163. The molecule has 3 fully saturated rings. The molecule has 180 valence electrons. The van der Waals surface area contributed by atoms with E-state index in [1.54, 1.807) is 0 Å². The number of likely N-dealkylation sites (N-methyl/N-ethyl adjacent to an activating group) is 1. The third-order valence-electron chi connectivity index (χ3n) is 7.77. The summed E-state index contributed by atoms with van der Waals surface area (Å²) in [6.07, 6.45) is 1.82. The number of ketones is 1. The molecule has 5 heteroatoms. The van der Waals surface area contributed by atoms with Gasteiger partial charge in [0.2, 0.25) is 5.78 Å². The molecule has 0 aromatic heterocycles. The van der Waals surface area contributed by atoms with Crippen molar-refractivity contribution in [1.29, 1.82) is 0 Å². The Kier molecular flexibility index (Phi) is 6.69. The summed E-state index contributed by atoms with van der Waals surface area (Å²) in [5.74, 6) is 0.306. The maximum absolute atomic E-state index is 13.7. The van der Waals surface area contributed by atoms with Gasteiger partial charge in [0.15, 0.2) is 12.1 Å². The first-order valence-electron chi connectivity index (χ1n) is 12.5. The fraction of sp³-hybridized carbons (Fsp3) is 0.333. The lowest BCUT2D eigenvalue weighted by atomic mass is 9.82. The number of nitrogens with zero attached hydrogens (tertiary/aromatic N) is 2. The number of para-hydroxylation sites is 1. The van der Waals surface area contributed by atoms with Gasteiger partial charge in [-0.25, -0.2) is 4.79 Å². The smallest absolute Gasteiger partial charge is 0.333 e. The van der Waals surface area contributed by atoms with Crippen molar-refractivity contribution in [1.82, 2.24) is 0 Å². The number of anilines is 1. The first kappa shape index (κ1) is 23.3. The van der Waals surface area contributed by atoms with E-state index in [4.69, 9.17) is 4.74 Å². The van der Waals surface area contributed by atoms with Gasteiger partial charge in [-0.15, -0.1) is 0 Å². The standard InChI is InChI=1S/C30H33N2O3/c1-31(26-15-9-4-10-16-26)29(25-13-7-3-8-14-25)30(34)35-28-22-32(19-17-24(28)18-20-32)21-27(33)23-11-5-2-6-12-23/h2-16,24,28-29H,17-22H2,1H3/q+1/t24?,28-,29?,32?/m0/s1. The molecule has 2 bridgehead atoms. The van der Waals surface area contributed by atoms with Gasteiger partial charge in [-0.05, 0) is 17.7 Å². The summed E-state index contributed by atoms with van der Waals surface area (Å²) in [6, 6.07) is 28.8. The summed E-state index contributed by atoms with van der Waals surface area (Å²) in [5, 5.41) is 0. The molecule has 0 aliphatic carbocycles. The Morgan fingerprint density at radius 3 is 2.09 bits per heavy atom. The number of piperidine rings is 3. The van der Waals surface area contributed by atoms with Gasteiger partial charge in [-0.3, -0.25) is 4.79 Å². The van der Waals surface area contributed by atoms with Crippen LogP contribution in [0.4, 0.5) is 5.69 Å². The summed E-state index contributed by atoms with van der Waals surface area (Å²) >= 11 is 0. The molecule has 3 heterocycles.